The van der Waals surface area contributed by atoms with Crippen LogP contribution < -0.4 is 14.5 Å². The first-order valence-electron chi connectivity index (χ1n) is 10.2. The number of hydrogen-bond acceptors (Lipinski definition) is 3. The molecule has 0 aromatic heterocycles. The first-order valence-corrected chi connectivity index (χ1v) is 12.1. The molecule has 6 nitrogen and oxygen atoms in total. The van der Waals surface area contributed by atoms with Crippen LogP contribution in [-0.2, 0) is 29.5 Å². The van der Waals surface area contributed by atoms with Crippen LogP contribution in [0.15, 0.2) is 42.5 Å². The summed E-state index contributed by atoms with van der Waals surface area (Å²) in [6.07, 6.45) is 4.43. The molecule has 2 aromatic rings. The molecule has 0 radical (unpaired) electrons. The van der Waals surface area contributed by atoms with Gasteiger partial charge in [0.15, 0.2) is 0 Å². The number of likely N-dealkylation sites (tertiary alicyclic amines) is 1. The van der Waals surface area contributed by atoms with E-state index in [2.05, 4.69) is 23.5 Å². The van der Waals surface area contributed by atoms with Gasteiger partial charge in [0.25, 0.3) is 5.91 Å². The molecule has 1 amide bonds. The second-order valence-corrected chi connectivity index (χ2v) is 9.92. The Labute approximate surface area is 172 Å². The number of nitrogens with one attached hydrogen (secondary N) is 2. The number of sulfonamides is 1. The standard InChI is InChI=1S/C22H27N3O3S/c1-29(27,28)25-13-10-17-14-18(8-9-21(17)25)22(26)23-15-19-6-2-3-7-20(19)16-24-11-4-5-12-24/h2-3,6-9,14H,4-5,10-13,15-16H2,1H3,(H,23,26)/p+1. The van der Waals surface area contributed by atoms with Crippen molar-refractivity contribution < 1.29 is 18.1 Å². The number of nitrogens with zero attached hydrogens (tertiary/aromatic N) is 1. The fraction of sp³-hybridized carbons (Fsp3) is 0.409. The first-order chi connectivity index (χ1) is 13.9. The van der Waals surface area contributed by atoms with Crippen LogP contribution in [0.5, 0.6) is 0 Å². The Hall–Kier alpha value is -2.38. The maximum Gasteiger partial charge on any atom is 0.251 e. The van der Waals surface area contributed by atoms with Crippen LogP contribution in [0, 0.1) is 0 Å². The van der Waals surface area contributed by atoms with Crippen LogP contribution in [0.4, 0.5) is 5.69 Å². The van der Waals surface area contributed by atoms with Gasteiger partial charge in [-0.3, -0.25) is 9.10 Å². The monoisotopic (exact) mass is 414 g/mol. The number of carbonyl (C=O) groups excluding carboxylic acids is 1. The quantitative estimate of drug-likeness (QED) is 0.744. The van der Waals surface area contributed by atoms with Gasteiger partial charge in [-0.25, -0.2) is 8.42 Å². The summed E-state index contributed by atoms with van der Waals surface area (Å²) in [5.41, 5.74) is 4.61. The van der Waals surface area contributed by atoms with E-state index in [9.17, 15) is 13.2 Å². The molecule has 2 heterocycles. The Morgan fingerprint density at radius 2 is 1.83 bits per heavy atom. The third-order valence-electron chi connectivity index (χ3n) is 5.90. The molecule has 29 heavy (non-hydrogen) atoms. The normalized spacial score (nSPS) is 16.8. The van der Waals surface area contributed by atoms with Gasteiger partial charge in [-0.05, 0) is 35.7 Å². The summed E-state index contributed by atoms with van der Waals surface area (Å²) in [5, 5.41) is 3.03. The second kappa shape index (κ2) is 8.16. The Bertz CT molecular complexity index is 1010. The molecule has 1 fully saturated rings. The summed E-state index contributed by atoms with van der Waals surface area (Å²) >= 11 is 0. The molecule has 2 N–H and O–H groups in total. The minimum absolute atomic E-state index is 0.131. The Balaban J connectivity index is 1.43. The minimum atomic E-state index is -3.28. The molecular weight excluding hydrogens is 386 g/mol. The van der Waals surface area contributed by atoms with Gasteiger partial charge in [0.05, 0.1) is 25.0 Å². The lowest BCUT2D eigenvalue weighted by atomic mass is 10.1. The molecule has 2 aliphatic rings. The van der Waals surface area contributed by atoms with E-state index in [0.717, 1.165) is 17.7 Å². The number of quaternary nitrogens is 1. The highest BCUT2D eigenvalue weighted by atomic mass is 32.2. The Kier molecular flexibility index (Phi) is 5.61. The van der Waals surface area contributed by atoms with E-state index in [0.29, 0.717) is 30.8 Å². The number of hydrogen-bond donors (Lipinski definition) is 2. The largest absolute Gasteiger partial charge is 0.348 e. The SMILES string of the molecule is CS(=O)(=O)N1CCc2cc(C(=O)NCc3ccccc3C[NH+]3CCCC3)ccc21. The van der Waals surface area contributed by atoms with E-state index in [1.165, 1.54) is 42.1 Å². The fourth-order valence-corrected chi connectivity index (χ4v) is 5.32. The first kappa shape index (κ1) is 19.9. The number of carbonyl (C=O) groups is 1. The average molecular weight is 415 g/mol. The van der Waals surface area contributed by atoms with Crippen molar-refractivity contribution in [1.82, 2.24) is 5.32 Å². The predicted octanol–water partition coefficient (Wildman–Crippen LogP) is 1.12. The topological polar surface area (TPSA) is 70.9 Å². The van der Waals surface area contributed by atoms with Gasteiger partial charge in [-0.2, -0.15) is 0 Å². The predicted molar refractivity (Wildman–Crippen MR) is 114 cm³/mol. The van der Waals surface area contributed by atoms with E-state index < -0.39 is 10.0 Å². The zero-order valence-electron chi connectivity index (χ0n) is 16.8. The van der Waals surface area contributed by atoms with Crippen LogP contribution >= 0.6 is 0 Å². The molecule has 0 spiro atoms. The smallest absolute Gasteiger partial charge is 0.251 e. The van der Waals surface area contributed by atoms with Crippen molar-refractivity contribution in [2.75, 3.05) is 30.2 Å². The lowest BCUT2D eigenvalue weighted by molar-refractivity contribution is -0.901. The molecule has 2 aliphatic heterocycles. The summed E-state index contributed by atoms with van der Waals surface area (Å²) in [4.78, 5) is 14.3. The summed E-state index contributed by atoms with van der Waals surface area (Å²) in [6, 6.07) is 13.6. The molecular formula is C22H28N3O3S+. The van der Waals surface area contributed by atoms with Crippen molar-refractivity contribution in [2.24, 2.45) is 0 Å². The molecule has 7 heteroatoms. The van der Waals surface area contributed by atoms with Crippen LogP contribution in [0.25, 0.3) is 0 Å². The van der Waals surface area contributed by atoms with Gasteiger partial charge in [-0.1, -0.05) is 24.3 Å². The van der Waals surface area contributed by atoms with Gasteiger partial charge < -0.3 is 10.2 Å². The fourth-order valence-electron chi connectivity index (χ4n) is 4.36. The molecule has 0 unspecified atom stereocenters. The van der Waals surface area contributed by atoms with Crippen LogP contribution in [0.1, 0.15) is 39.9 Å². The van der Waals surface area contributed by atoms with Crippen LogP contribution in [-0.4, -0.2) is 40.2 Å². The zero-order chi connectivity index (χ0) is 20.4. The van der Waals surface area contributed by atoms with E-state index in [-0.39, 0.29) is 5.91 Å². The van der Waals surface area contributed by atoms with Crippen molar-refractivity contribution in [2.45, 2.75) is 32.4 Å². The Morgan fingerprint density at radius 1 is 1.10 bits per heavy atom. The molecule has 0 atom stereocenters. The second-order valence-electron chi connectivity index (χ2n) is 8.01. The summed E-state index contributed by atoms with van der Waals surface area (Å²) in [5.74, 6) is -0.131. The molecule has 0 bridgehead atoms. The van der Waals surface area contributed by atoms with Gasteiger partial charge in [0.2, 0.25) is 10.0 Å². The average Bonchev–Trinajstić information content (AvgIpc) is 3.35. The van der Waals surface area contributed by atoms with E-state index in [1.54, 1.807) is 17.0 Å². The third kappa shape index (κ3) is 4.46. The minimum Gasteiger partial charge on any atom is -0.348 e. The van der Waals surface area contributed by atoms with Crippen molar-refractivity contribution in [3.8, 4) is 0 Å². The van der Waals surface area contributed by atoms with Gasteiger partial charge in [-0.15, -0.1) is 0 Å². The van der Waals surface area contributed by atoms with Crippen molar-refractivity contribution >= 4 is 21.6 Å². The maximum absolute atomic E-state index is 12.7. The van der Waals surface area contributed by atoms with Gasteiger partial charge in [0.1, 0.15) is 6.54 Å². The number of rotatable bonds is 6. The highest BCUT2D eigenvalue weighted by molar-refractivity contribution is 7.92. The summed E-state index contributed by atoms with van der Waals surface area (Å²) in [6.45, 7) is 4.38. The molecule has 1 saturated heterocycles. The van der Waals surface area contributed by atoms with E-state index in [4.69, 9.17) is 0 Å². The van der Waals surface area contributed by atoms with Gasteiger partial charge >= 0.3 is 0 Å². The molecule has 0 aliphatic carbocycles. The summed E-state index contributed by atoms with van der Waals surface area (Å²) in [7, 11) is -3.28. The molecule has 2 aromatic carbocycles. The lowest BCUT2D eigenvalue weighted by Crippen LogP contribution is -3.08. The number of amides is 1. The highest BCUT2D eigenvalue weighted by Gasteiger charge is 2.26. The molecule has 4 rings (SSSR count). The maximum atomic E-state index is 12.7. The van der Waals surface area contributed by atoms with Gasteiger partial charge in [0, 0.05) is 37.1 Å². The van der Waals surface area contributed by atoms with Crippen LogP contribution in [0.2, 0.25) is 0 Å². The highest BCUT2D eigenvalue weighted by Crippen LogP contribution is 2.30. The van der Waals surface area contributed by atoms with Crippen molar-refractivity contribution in [1.29, 1.82) is 0 Å². The van der Waals surface area contributed by atoms with E-state index >= 15 is 0 Å². The van der Waals surface area contributed by atoms with E-state index in [1.807, 2.05) is 12.1 Å². The molecule has 154 valence electrons. The third-order valence-corrected chi connectivity index (χ3v) is 7.08. The summed E-state index contributed by atoms with van der Waals surface area (Å²) < 4.78 is 25.2. The number of benzene rings is 2. The lowest BCUT2D eigenvalue weighted by Gasteiger charge is -2.17. The number of anilines is 1. The Morgan fingerprint density at radius 3 is 2.55 bits per heavy atom. The zero-order valence-corrected chi connectivity index (χ0v) is 17.6. The van der Waals surface area contributed by atoms with Crippen molar-refractivity contribution in [3.05, 3.63) is 64.7 Å². The molecule has 0 saturated carbocycles. The number of fused-ring (bicyclic) bond motifs is 1. The van der Waals surface area contributed by atoms with Crippen LogP contribution in [0.3, 0.4) is 0 Å². The van der Waals surface area contributed by atoms with Crippen molar-refractivity contribution in [3.63, 3.8) is 0 Å².